The maximum atomic E-state index is 13.5. The van der Waals surface area contributed by atoms with Crippen molar-refractivity contribution in [3.8, 4) is 0 Å². The van der Waals surface area contributed by atoms with Crippen LogP contribution >= 0.6 is 15.9 Å². The van der Waals surface area contributed by atoms with E-state index in [1.807, 2.05) is 28.9 Å². The van der Waals surface area contributed by atoms with Crippen LogP contribution in [-0.4, -0.2) is 18.2 Å². The molecule has 1 fully saturated rings. The zero-order valence-corrected chi connectivity index (χ0v) is 24.4. The summed E-state index contributed by atoms with van der Waals surface area (Å²) in [4.78, 5) is -0.453. The van der Waals surface area contributed by atoms with Gasteiger partial charge >= 0.3 is 0 Å². The Morgan fingerprint density at radius 1 is 0.951 bits per heavy atom. The molecule has 6 nitrogen and oxygen atoms in total. The summed E-state index contributed by atoms with van der Waals surface area (Å²) in [5.41, 5.74) is 6.57. The molecule has 0 radical (unpaired) electrons. The van der Waals surface area contributed by atoms with Gasteiger partial charge in [0.2, 0.25) is 10.0 Å². The molecule has 1 aliphatic carbocycles. The van der Waals surface area contributed by atoms with E-state index in [0.717, 1.165) is 45.7 Å². The fourth-order valence-electron chi connectivity index (χ4n) is 4.96. The van der Waals surface area contributed by atoms with Gasteiger partial charge in [-0.3, -0.25) is 0 Å². The second kappa shape index (κ2) is 11.3. The predicted molar refractivity (Wildman–Crippen MR) is 158 cm³/mol. The second-order valence-corrected chi connectivity index (χ2v) is 12.8. The third kappa shape index (κ3) is 6.19. The van der Waals surface area contributed by atoms with Crippen LogP contribution in [0.2, 0.25) is 0 Å². The standard InChI is InChI=1S/C31H27BrF2N4O2S/c32-29-19-36-38-30(29)12-11-23(28-4-2-1-3-27(28)22-9-10-22)13-31(38)35-17-20-5-7-21(8-6-20)18-37-41(39,40)26-15-24(33)14-25(34)16-26/h1-8,11,13-16,19,22,35,37H,9-10,12,17-18H2. The van der Waals surface area contributed by atoms with Crippen LogP contribution in [0.1, 0.15) is 46.7 Å². The first kappa shape index (κ1) is 27.6. The van der Waals surface area contributed by atoms with E-state index < -0.39 is 26.6 Å². The summed E-state index contributed by atoms with van der Waals surface area (Å²) in [6.45, 7) is 0.507. The van der Waals surface area contributed by atoms with Crippen molar-refractivity contribution in [1.82, 2.24) is 19.8 Å². The van der Waals surface area contributed by atoms with Gasteiger partial charge in [-0.1, -0.05) is 54.6 Å². The van der Waals surface area contributed by atoms with Crippen LogP contribution in [0.5, 0.6) is 0 Å². The van der Waals surface area contributed by atoms with Gasteiger partial charge in [-0.2, -0.15) is 5.10 Å². The number of fused-ring (bicyclic) bond motifs is 1. The zero-order chi connectivity index (χ0) is 28.6. The smallest absolute Gasteiger partial charge is 0.241 e. The highest BCUT2D eigenvalue weighted by Gasteiger charge is 2.27. The molecule has 10 heteroatoms. The minimum absolute atomic E-state index is 0.0153. The number of nitrogens with zero attached hydrogens (tertiary/aromatic N) is 2. The van der Waals surface area contributed by atoms with Gasteiger partial charge in [0, 0.05) is 25.6 Å². The Morgan fingerprint density at radius 2 is 1.63 bits per heavy atom. The topological polar surface area (TPSA) is 76.0 Å². The van der Waals surface area contributed by atoms with Gasteiger partial charge in [-0.25, -0.2) is 26.6 Å². The van der Waals surface area contributed by atoms with Gasteiger partial charge in [0.1, 0.15) is 17.5 Å². The second-order valence-electron chi connectivity index (χ2n) is 10.2. The average molecular weight is 638 g/mol. The lowest BCUT2D eigenvalue weighted by molar-refractivity contribution is 0.561. The first-order chi connectivity index (χ1) is 19.8. The highest BCUT2D eigenvalue weighted by molar-refractivity contribution is 9.10. The molecule has 0 atom stereocenters. The van der Waals surface area contributed by atoms with Crippen molar-refractivity contribution in [2.24, 2.45) is 0 Å². The number of hydrogen-bond donors (Lipinski definition) is 2. The number of sulfonamides is 1. The predicted octanol–water partition coefficient (Wildman–Crippen LogP) is 6.51. The summed E-state index contributed by atoms with van der Waals surface area (Å²) < 4.78 is 57.2. The number of halogens is 3. The van der Waals surface area contributed by atoms with Crippen molar-refractivity contribution in [1.29, 1.82) is 0 Å². The fraction of sp³-hybridized carbons (Fsp3) is 0.194. The molecule has 41 heavy (non-hydrogen) atoms. The Balaban J connectivity index is 1.17. The van der Waals surface area contributed by atoms with E-state index >= 15 is 0 Å². The lowest BCUT2D eigenvalue weighted by atomic mass is 9.95. The van der Waals surface area contributed by atoms with E-state index in [0.29, 0.717) is 24.1 Å². The number of nitrogens with one attached hydrogen (secondary N) is 2. The minimum atomic E-state index is -4.07. The Hall–Kier alpha value is -3.60. The van der Waals surface area contributed by atoms with Crippen LogP contribution < -0.4 is 10.0 Å². The summed E-state index contributed by atoms with van der Waals surface area (Å²) in [5.74, 6) is -0.410. The normalized spacial score (nSPS) is 15.1. The number of rotatable bonds is 9. The Morgan fingerprint density at radius 3 is 2.34 bits per heavy atom. The maximum absolute atomic E-state index is 13.5. The zero-order valence-electron chi connectivity index (χ0n) is 21.9. The molecule has 6 rings (SSSR count). The molecule has 2 N–H and O–H groups in total. The fourth-order valence-corrected chi connectivity index (χ4v) is 6.44. The van der Waals surface area contributed by atoms with Crippen LogP contribution in [0.4, 0.5) is 8.78 Å². The molecule has 2 heterocycles. The van der Waals surface area contributed by atoms with Gasteiger partial charge in [0.25, 0.3) is 0 Å². The lowest BCUT2D eigenvalue weighted by Gasteiger charge is -2.15. The average Bonchev–Trinajstić information content (AvgIpc) is 3.76. The molecule has 0 saturated heterocycles. The van der Waals surface area contributed by atoms with Crippen LogP contribution in [0, 0.1) is 11.6 Å². The minimum Gasteiger partial charge on any atom is -0.366 e. The summed E-state index contributed by atoms with van der Waals surface area (Å²) >= 11 is 3.64. The van der Waals surface area contributed by atoms with Gasteiger partial charge in [0.05, 0.1) is 21.3 Å². The molecule has 1 aromatic heterocycles. The van der Waals surface area contributed by atoms with Crippen LogP contribution in [-0.2, 0) is 29.5 Å². The largest absolute Gasteiger partial charge is 0.366 e. The molecule has 3 aromatic carbocycles. The van der Waals surface area contributed by atoms with Crippen molar-refractivity contribution >= 4 is 37.3 Å². The molecule has 1 saturated carbocycles. The number of benzene rings is 3. The van der Waals surface area contributed by atoms with E-state index in [9.17, 15) is 17.2 Å². The Bertz CT molecular complexity index is 1760. The Labute approximate surface area is 246 Å². The van der Waals surface area contributed by atoms with E-state index in [4.69, 9.17) is 0 Å². The molecule has 2 aliphatic rings. The number of allylic oxidation sites excluding steroid dienone is 3. The Kier molecular flexibility index (Phi) is 7.63. The molecule has 0 amide bonds. The first-order valence-corrected chi connectivity index (χ1v) is 15.6. The summed E-state index contributed by atoms with van der Waals surface area (Å²) in [6, 6.07) is 18.3. The quantitative estimate of drug-likeness (QED) is 0.220. The lowest BCUT2D eigenvalue weighted by Crippen LogP contribution is -2.23. The summed E-state index contributed by atoms with van der Waals surface area (Å²) in [5, 5.41) is 8.14. The third-order valence-corrected chi connectivity index (χ3v) is 9.30. The van der Waals surface area contributed by atoms with Gasteiger partial charge < -0.3 is 5.32 Å². The van der Waals surface area contributed by atoms with Gasteiger partial charge in [-0.15, -0.1) is 0 Å². The van der Waals surface area contributed by atoms with Gasteiger partial charge in [-0.05, 0) is 80.7 Å². The van der Waals surface area contributed by atoms with Crippen molar-refractivity contribution in [2.75, 3.05) is 0 Å². The molecule has 0 bridgehead atoms. The summed E-state index contributed by atoms with van der Waals surface area (Å²) in [6.07, 6.45) is 9.40. The highest BCUT2D eigenvalue weighted by atomic mass is 79.9. The van der Waals surface area contributed by atoms with E-state index in [1.54, 1.807) is 6.20 Å². The molecule has 4 aromatic rings. The van der Waals surface area contributed by atoms with Crippen LogP contribution in [0.25, 0.3) is 11.4 Å². The van der Waals surface area contributed by atoms with Crippen LogP contribution in [0.3, 0.4) is 0 Å². The summed E-state index contributed by atoms with van der Waals surface area (Å²) in [7, 11) is -4.07. The molecule has 1 aliphatic heterocycles. The highest BCUT2D eigenvalue weighted by Crippen LogP contribution is 2.43. The van der Waals surface area contributed by atoms with Crippen LogP contribution in [0.15, 0.2) is 94.4 Å². The molecule has 0 unspecified atom stereocenters. The SMILES string of the molecule is O=S(=O)(NCc1ccc(CNC2=CC(c3ccccc3C3CC3)=CCc3c(Br)cnn32)cc1)c1cc(F)cc(F)c1. The van der Waals surface area contributed by atoms with Crippen molar-refractivity contribution in [2.45, 2.75) is 43.2 Å². The van der Waals surface area contributed by atoms with Crippen molar-refractivity contribution < 1.29 is 17.2 Å². The third-order valence-electron chi connectivity index (χ3n) is 7.25. The molecule has 210 valence electrons. The molecule has 0 spiro atoms. The van der Waals surface area contributed by atoms with Crippen molar-refractivity contribution in [3.63, 3.8) is 0 Å². The van der Waals surface area contributed by atoms with Gasteiger partial charge in [0.15, 0.2) is 0 Å². The molecular formula is C31H27BrF2N4O2S. The first-order valence-electron chi connectivity index (χ1n) is 13.3. The number of aromatic nitrogens is 2. The number of hydrogen-bond acceptors (Lipinski definition) is 4. The molecular weight excluding hydrogens is 610 g/mol. The van der Waals surface area contributed by atoms with Crippen molar-refractivity contribution in [3.05, 3.63) is 129 Å². The van der Waals surface area contributed by atoms with E-state index in [2.05, 4.69) is 67.5 Å². The monoisotopic (exact) mass is 636 g/mol. The van der Waals surface area contributed by atoms with E-state index in [-0.39, 0.29) is 6.54 Å². The maximum Gasteiger partial charge on any atom is 0.241 e. The van der Waals surface area contributed by atoms with E-state index in [1.165, 1.54) is 24.0 Å².